The lowest BCUT2D eigenvalue weighted by Crippen LogP contribution is -2.48. The zero-order valence-corrected chi connectivity index (χ0v) is 19.4. The normalized spacial score (nSPS) is 39.1. The second kappa shape index (κ2) is 9.62. The van der Waals surface area contributed by atoms with Gasteiger partial charge >= 0.3 is 6.09 Å². The van der Waals surface area contributed by atoms with Gasteiger partial charge in [-0.2, -0.15) is 0 Å². The van der Waals surface area contributed by atoms with E-state index in [9.17, 15) is 9.90 Å². The molecular weight excluding hydrogens is 402 g/mol. The van der Waals surface area contributed by atoms with Gasteiger partial charge < -0.3 is 19.9 Å². The minimum atomic E-state index is -0.996. The van der Waals surface area contributed by atoms with Crippen molar-refractivity contribution >= 4 is 17.7 Å². The minimum Gasteiger partial charge on any atom is -0.442 e. The van der Waals surface area contributed by atoms with Gasteiger partial charge in [0.25, 0.3) is 0 Å². The number of carbonyl (C=O) groups excluding carboxylic acids is 1. The number of alkyl carbamates (subject to hydrolysis) is 1. The monoisotopic (exact) mass is 439 g/mol. The molecule has 2 saturated heterocycles. The van der Waals surface area contributed by atoms with Crippen molar-refractivity contribution < 1.29 is 19.4 Å². The van der Waals surface area contributed by atoms with E-state index in [0.29, 0.717) is 49.9 Å². The van der Waals surface area contributed by atoms with Crippen LogP contribution in [0.2, 0.25) is 0 Å². The molecule has 3 rings (SSSR count). The number of halogens is 1. The number of carbonyl (C=O) groups is 1. The summed E-state index contributed by atoms with van der Waals surface area (Å²) in [6, 6.07) is 0. The second-order valence-corrected chi connectivity index (χ2v) is 10.3. The first-order chi connectivity index (χ1) is 14.2. The Morgan fingerprint density at radius 1 is 1.37 bits per heavy atom. The van der Waals surface area contributed by atoms with E-state index in [1.165, 1.54) is 5.57 Å². The van der Waals surface area contributed by atoms with Gasteiger partial charge in [-0.05, 0) is 68.8 Å². The van der Waals surface area contributed by atoms with Gasteiger partial charge in [-0.25, -0.2) is 4.79 Å². The predicted molar refractivity (Wildman–Crippen MR) is 120 cm³/mol. The fraction of sp³-hybridized carbons (Fsp3) is 0.792. The smallest absolute Gasteiger partial charge is 0.407 e. The van der Waals surface area contributed by atoms with Crippen molar-refractivity contribution in [3.8, 4) is 0 Å². The minimum absolute atomic E-state index is 0.0727. The largest absolute Gasteiger partial charge is 0.442 e. The molecule has 0 aromatic heterocycles. The number of aliphatic hydroxyl groups is 1. The molecule has 2 N–H and O–H groups in total. The fourth-order valence-electron chi connectivity index (χ4n) is 5.78. The van der Waals surface area contributed by atoms with Gasteiger partial charge in [0, 0.05) is 18.3 Å². The Balaban J connectivity index is 1.80. The number of ether oxygens (including phenoxy) is 2. The third kappa shape index (κ3) is 4.89. The van der Waals surface area contributed by atoms with E-state index < -0.39 is 17.8 Å². The van der Waals surface area contributed by atoms with Gasteiger partial charge in [0.2, 0.25) is 0 Å². The molecule has 5 nitrogen and oxygen atoms in total. The van der Waals surface area contributed by atoms with Crippen LogP contribution in [0.1, 0.15) is 59.3 Å². The maximum absolute atomic E-state index is 12.2. The van der Waals surface area contributed by atoms with Crippen LogP contribution in [-0.2, 0) is 9.47 Å². The lowest BCUT2D eigenvalue weighted by atomic mass is 9.61. The third-order valence-electron chi connectivity index (χ3n) is 7.38. The van der Waals surface area contributed by atoms with Crippen molar-refractivity contribution in [2.45, 2.75) is 83.2 Å². The standard InChI is InChI=1S/C24H38ClNO4/c1-14(2)17-8-7-15(3)20-19-13-16(4)18(30-23(27)26-12-6-11-25)9-10-24(5,28)22(29-19)21(17)20/h14,17-22,28H,3-4,6-13H2,1-2,5H3,(H,26,27)/t17-,18+,19-,20-,21-,22-,24-/m1/s1. The van der Waals surface area contributed by atoms with E-state index in [0.717, 1.165) is 18.4 Å². The molecule has 6 heteroatoms. The Hall–Kier alpha value is -1.04. The van der Waals surface area contributed by atoms with E-state index in [2.05, 4.69) is 32.3 Å². The van der Waals surface area contributed by atoms with Crippen LogP contribution < -0.4 is 5.32 Å². The van der Waals surface area contributed by atoms with Gasteiger partial charge in [0.15, 0.2) is 0 Å². The van der Waals surface area contributed by atoms with E-state index in [1.807, 2.05) is 6.92 Å². The second-order valence-electron chi connectivity index (χ2n) is 9.92. The van der Waals surface area contributed by atoms with Crippen LogP contribution >= 0.6 is 11.6 Å². The molecular formula is C24H38ClNO4. The van der Waals surface area contributed by atoms with E-state index in [-0.39, 0.29) is 24.0 Å². The van der Waals surface area contributed by atoms with E-state index in [1.54, 1.807) is 0 Å². The van der Waals surface area contributed by atoms with Crippen molar-refractivity contribution in [2.24, 2.45) is 23.7 Å². The maximum atomic E-state index is 12.2. The molecule has 1 amide bonds. The van der Waals surface area contributed by atoms with Crippen LogP contribution in [0.4, 0.5) is 4.79 Å². The first-order valence-corrected chi connectivity index (χ1v) is 11.9. The van der Waals surface area contributed by atoms with Gasteiger partial charge in [-0.3, -0.25) is 0 Å². The van der Waals surface area contributed by atoms with E-state index >= 15 is 0 Å². The highest BCUT2D eigenvalue weighted by molar-refractivity contribution is 6.17. The number of nitrogens with one attached hydrogen (secondary N) is 1. The quantitative estimate of drug-likeness (QED) is 0.366. The Morgan fingerprint density at radius 2 is 2.10 bits per heavy atom. The van der Waals surface area contributed by atoms with Crippen molar-refractivity contribution in [1.82, 2.24) is 5.32 Å². The molecule has 0 radical (unpaired) electrons. The predicted octanol–water partition coefficient (Wildman–Crippen LogP) is 4.82. The SMILES string of the molecule is C=C1CC[C@H](C(C)C)[C@@H]2[C@H]1[C@H]1CC(=C)[C@@H](OC(=O)NCCCCl)CC[C@@](C)(O)[C@@H]2O1. The van der Waals surface area contributed by atoms with E-state index in [4.69, 9.17) is 21.1 Å². The highest BCUT2D eigenvalue weighted by Gasteiger charge is 2.57. The van der Waals surface area contributed by atoms with Crippen molar-refractivity contribution in [3.63, 3.8) is 0 Å². The summed E-state index contributed by atoms with van der Waals surface area (Å²) in [5.41, 5.74) is 1.08. The van der Waals surface area contributed by atoms with Crippen LogP contribution in [0, 0.1) is 23.7 Å². The fourth-order valence-corrected chi connectivity index (χ4v) is 5.91. The number of hydrogen-bond acceptors (Lipinski definition) is 4. The molecule has 3 fully saturated rings. The summed E-state index contributed by atoms with van der Waals surface area (Å²) >= 11 is 5.67. The summed E-state index contributed by atoms with van der Waals surface area (Å²) < 4.78 is 12.2. The summed E-state index contributed by atoms with van der Waals surface area (Å²) in [5, 5.41) is 14.2. The van der Waals surface area contributed by atoms with Crippen molar-refractivity contribution in [3.05, 3.63) is 24.3 Å². The lowest BCUT2D eigenvalue weighted by Gasteiger charge is -2.44. The molecule has 30 heavy (non-hydrogen) atoms. The number of hydrogen-bond donors (Lipinski definition) is 2. The summed E-state index contributed by atoms with van der Waals surface area (Å²) in [7, 11) is 0. The highest BCUT2D eigenvalue weighted by Crippen LogP contribution is 2.54. The zero-order valence-electron chi connectivity index (χ0n) is 18.7. The van der Waals surface area contributed by atoms with Crippen LogP contribution in [0.15, 0.2) is 24.3 Å². The molecule has 2 bridgehead atoms. The molecule has 0 spiro atoms. The Kier molecular flexibility index (Phi) is 7.57. The van der Waals surface area contributed by atoms with Crippen LogP contribution in [0.3, 0.4) is 0 Å². The number of rotatable bonds is 5. The third-order valence-corrected chi connectivity index (χ3v) is 7.65. The highest BCUT2D eigenvalue weighted by atomic mass is 35.5. The van der Waals surface area contributed by atoms with Crippen LogP contribution in [0.25, 0.3) is 0 Å². The number of fused-ring (bicyclic) bond motifs is 5. The average molecular weight is 440 g/mol. The average Bonchev–Trinajstić information content (AvgIpc) is 3.06. The Bertz CT molecular complexity index is 662. The van der Waals surface area contributed by atoms with Gasteiger partial charge in [0.05, 0.1) is 17.8 Å². The lowest BCUT2D eigenvalue weighted by molar-refractivity contribution is -0.117. The molecule has 0 unspecified atom stereocenters. The van der Waals surface area contributed by atoms with Crippen molar-refractivity contribution in [1.29, 1.82) is 0 Å². The van der Waals surface area contributed by atoms with Gasteiger partial charge in [0.1, 0.15) is 6.10 Å². The molecule has 3 aliphatic rings. The molecule has 7 atom stereocenters. The summed E-state index contributed by atoms with van der Waals surface area (Å²) in [4.78, 5) is 12.2. The van der Waals surface area contributed by atoms with Crippen molar-refractivity contribution in [2.75, 3.05) is 12.4 Å². The zero-order chi connectivity index (χ0) is 22.1. The molecule has 1 saturated carbocycles. The summed E-state index contributed by atoms with van der Waals surface area (Å²) in [6.07, 6.45) is 3.24. The van der Waals surface area contributed by atoms with Gasteiger partial charge in [-0.15, -0.1) is 11.6 Å². The van der Waals surface area contributed by atoms with Crippen LogP contribution in [-0.4, -0.2) is 47.5 Å². The Morgan fingerprint density at radius 3 is 2.77 bits per heavy atom. The summed E-state index contributed by atoms with van der Waals surface area (Å²) in [5.74, 6) is 2.02. The first kappa shape index (κ1) is 23.6. The summed E-state index contributed by atoms with van der Waals surface area (Å²) in [6.45, 7) is 15.5. The topological polar surface area (TPSA) is 67.8 Å². The molecule has 170 valence electrons. The number of amides is 1. The number of alkyl halides is 1. The molecule has 0 aromatic rings. The maximum Gasteiger partial charge on any atom is 0.407 e. The van der Waals surface area contributed by atoms with Crippen LogP contribution in [0.5, 0.6) is 0 Å². The Labute approximate surface area is 186 Å². The molecule has 1 aliphatic carbocycles. The first-order valence-electron chi connectivity index (χ1n) is 11.4. The molecule has 0 aromatic carbocycles. The molecule has 2 aliphatic heterocycles. The molecule has 2 heterocycles. The van der Waals surface area contributed by atoms with Gasteiger partial charge in [-0.1, -0.05) is 32.6 Å².